The van der Waals surface area contributed by atoms with Crippen LogP contribution in [0.1, 0.15) is 271 Å². The molecule has 0 spiro atoms. The fraction of sp³-hybridized carbons (Fsp3) is 0.881. The summed E-state index contributed by atoms with van der Waals surface area (Å²) < 4.78 is 59.5. The number of carbonyl (C=O) groups excluding carboxylic acids is 1. The first kappa shape index (κ1) is 68.3. The van der Waals surface area contributed by atoms with Gasteiger partial charge in [0.2, 0.25) is 0 Å². The van der Waals surface area contributed by atoms with E-state index in [4.69, 9.17) is 18.9 Å². The summed E-state index contributed by atoms with van der Waals surface area (Å²) in [5.41, 5.74) is 0. The van der Waals surface area contributed by atoms with Crippen molar-refractivity contribution in [2.45, 2.75) is 307 Å². The van der Waals surface area contributed by atoms with Crippen LogP contribution in [-0.4, -0.2) is 97.5 Å². The molecule has 0 aromatic heterocycles. The molecule has 1 rings (SSSR count). The Bertz CT molecular complexity index is 1390. The molecule has 0 saturated carbocycles. The minimum Gasteiger partial charge on any atom is -0.457 e. The zero-order chi connectivity index (χ0) is 52.4. The number of allylic oxidation sites excluding steroid dienone is 6. The van der Waals surface area contributed by atoms with Crippen molar-refractivity contribution in [3.05, 3.63) is 36.5 Å². The standard InChI is InChI=1S/C59H110O12S/c1-3-5-7-9-11-13-15-17-19-21-23-25-27-28-30-32-34-36-38-40-42-44-46-48-55(61)69-53(52-68-59-57(63)58(71-72(64,65)66)56(62)54(50-60)70-59)51-67-49-47-45-43-41-39-37-35-33-31-29-26-24-22-20-18-16-14-12-10-8-6-4-2/h16,18,21-24,53-54,56-60,62-63H,3-15,17,19-20,25-52H2,1-2H3,(H,64,65,66)/b18-16-,23-21-,24-22-. The van der Waals surface area contributed by atoms with Gasteiger partial charge in [-0.1, -0.05) is 230 Å². The van der Waals surface area contributed by atoms with Gasteiger partial charge in [-0.15, -0.1) is 0 Å². The third kappa shape index (κ3) is 42.5. The van der Waals surface area contributed by atoms with Gasteiger partial charge in [0.05, 0.1) is 19.8 Å². The van der Waals surface area contributed by atoms with Crippen LogP contribution >= 0.6 is 0 Å². The molecule has 4 N–H and O–H groups in total. The van der Waals surface area contributed by atoms with Crippen LogP contribution in [0.2, 0.25) is 0 Å². The topological polar surface area (TPSA) is 178 Å². The summed E-state index contributed by atoms with van der Waals surface area (Å²) in [4.78, 5) is 13.0. The predicted octanol–water partition coefficient (Wildman–Crippen LogP) is 14.9. The number of ether oxygens (including phenoxy) is 4. The second-order valence-corrected chi connectivity index (χ2v) is 21.6. The summed E-state index contributed by atoms with van der Waals surface area (Å²) in [5.74, 6) is -0.397. The van der Waals surface area contributed by atoms with Crippen LogP contribution in [0, 0.1) is 0 Å². The van der Waals surface area contributed by atoms with Crippen molar-refractivity contribution >= 4 is 16.4 Å². The average molecular weight is 1040 g/mol. The van der Waals surface area contributed by atoms with Crippen LogP contribution < -0.4 is 0 Å². The Balaban J connectivity index is 2.29. The van der Waals surface area contributed by atoms with Gasteiger partial charge >= 0.3 is 16.4 Å². The van der Waals surface area contributed by atoms with Crippen molar-refractivity contribution in [3.8, 4) is 0 Å². The van der Waals surface area contributed by atoms with Crippen molar-refractivity contribution in [1.82, 2.24) is 0 Å². The summed E-state index contributed by atoms with van der Waals surface area (Å²) in [6.45, 7) is 4.02. The lowest BCUT2D eigenvalue weighted by Gasteiger charge is -2.41. The minimum atomic E-state index is -5.07. The number of rotatable bonds is 53. The first-order valence-electron chi connectivity index (χ1n) is 29.7. The van der Waals surface area contributed by atoms with Crippen LogP contribution in [0.15, 0.2) is 36.5 Å². The van der Waals surface area contributed by atoms with Gasteiger partial charge in [0.15, 0.2) is 6.29 Å². The number of esters is 1. The molecule has 0 amide bonds. The van der Waals surface area contributed by atoms with E-state index in [0.29, 0.717) is 13.0 Å². The number of carbonyl (C=O) groups is 1. The van der Waals surface area contributed by atoms with E-state index in [1.165, 1.54) is 199 Å². The second kappa shape index (κ2) is 50.2. The molecule has 1 heterocycles. The van der Waals surface area contributed by atoms with Gasteiger partial charge in [-0.25, -0.2) is 4.18 Å². The van der Waals surface area contributed by atoms with Gasteiger partial charge in [-0.05, 0) is 70.6 Å². The van der Waals surface area contributed by atoms with Gasteiger partial charge in [0.25, 0.3) is 0 Å². The first-order valence-corrected chi connectivity index (χ1v) is 31.1. The lowest BCUT2D eigenvalue weighted by molar-refractivity contribution is -0.301. The van der Waals surface area contributed by atoms with E-state index < -0.39 is 59.8 Å². The summed E-state index contributed by atoms with van der Waals surface area (Å²) in [5, 5.41) is 30.9. The zero-order valence-corrected chi connectivity index (χ0v) is 46.8. The van der Waals surface area contributed by atoms with Crippen LogP contribution in [0.5, 0.6) is 0 Å². The van der Waals surface area contributed by atoms with Crippen molar-refractivity contribution in [2.24, 2.45) is 0 Å². The minimum absolute atomic E-state index is 0.0358. The molecule has 13 heteroatoms. The molecule has 72 heavy (non-hydrogen) atoms. The predicted molar refractivity (Wildman–Crippen MR) is 294 cm³/mol. The van der Waals surface area contributed by atoms with Gasteiger partial charge in [0, 0.05) is 13.0 Å². The highest BCUT2D eigenvalue weighted by Crippen LogP contribution is 2.26. The largest absolute Gasteiger partial charge is 0.457 e. The lowest BCUT2D eigenvalue weighted by Crippen LogP contribution is -2.60. The van der Waals surface area contributed by atoms with Crippen molar-refractivity contribution in [3.63, 3.8) is 0 Å². The second-order valence-electron chi connectivity index (χ2n) is 20.6. The van der Waals surface area contributed by atoms with Gasteiger partial charge in [-0.2, -0.15) is 8.42 Å². The highest BCUT2D eigenvalue weighted by atomic mass is 32.3. The number of hydrogen-bond donors (Lipinski definition) is 4. The zero-order valence-electron chi connectivity index (χ0n) is 46.0. The maximum absolute atomic E-state index is 13.0. The normalized spacial score (nSPS) is 19.1. The third-order valence-corrected chi connectivity index (χ3v) is 14.2. The van der Waals surface area contributed by atoms with Crippen LogP contribution in [0.4, 0.5) is 0 Å². The van der Waals surface area contributed by atoms with E-state index in [1.807, 2.05) is 0 Å². The average Bonchev–Trinajstić information content (AvgIpc) is 3.36. The van der Waals surface area contributed by atoms with Crippen LogP contribution in [0.25, 0.3) is 0 Å². The lowest BCUT2D eigenvalue weighted by atomic mass is 9.99. The van der Waals surface area contributed by atoms with E-state index in [9.17, 15) is 33.1 Å². The number of unbranched alkanes of at least 4 members (excludes halogenated alkanes) is 34. The Morgan fingerprint density at radius 2 is 0.917 bits per heavy atom. The molecule has 0 radical (unpaired) electrons. The molecule has 6 unspecified atom stereocenters. The summed E-state index contributed by atoms with van der Waals surface area (Å²) in [6.07, 6.45) is 53.2. The van der Waals surface area contributed by atoms with E-state index in [-0.39, 0.29) is 19.6 Å². The van der Waals surface area contributed by atoms with Gasteiger partial charge < -0.3 is 34.3 Å². The van der Waals surface area contributed by atoms with Crippen LogP contribution in [0.3, 0.4) is 0 Å². The monoisotopic (exact) mass is 1040 g/mol. The maximum Gasteiger partial charge on any atom is 0.397 e. The highest BCUT2D eigenvalue weighted by Gasteiger charge is 2.48. The summed E-state index contributed by atoms with van der Waals surface area (Å²) in [6, 6.07) is 0. The Labute approximate surface area is 441 Å². The molecule has 1 aliphatic heterocycles. The number of aliphatic hydroxyl groups excluding tert-OH is 3. The molecule has 6 atom stereocenters. The molecule has 1 fully saturated rings. The Morgan fingerprint density at radius 3 is 1.33 bits per heavy atom. The van der Waals surface area contributed by atoms with E-state index in [0.717, 1.165) is 44.9 Å². The molecule has 0 aromatic rings. The van der Waals surface area contributed by atoms with Crippen LogP contribution in [-0.2, 0) is 38.3 Å². The van der Waals surface area contributed by atoms with E-state index in [1.54, 1.807) is 0 Å². The Hall–Kier alpha value is -1.68. The van der Waals surface area contributed by atoms with E-state index >= 15 is 0 Å². The summed E-state index contributed by atoms with van der Waals surface area (Å²) in [7, 11) is -5.07. The first-order chi connectivity index (χ1) is 35.1. The van der Waals surface area contributed by atoms with Gasteiger partial charge in [-0.3, -0.25) is 9.35 Å². The molecule has 1 saturated heterocycles. The molecule has 0 aromatic carbocycles. The summed E-state index contributed by atoms with van der Waals surface area (Å²) >= 11 is 0. The number of hydrogen-bond acceptors (Lipinski definition) is 11. The van der Waals surface area contributed by atoms with E-state index in [2.05, 4.69) is 54.5 Å². The fourth-order valence-electron chi connectivity index (χ4n) is 9.23. The molecular weight excluding hydrogens is 933 g/mol. The molecule has 12 nitrogen and oxygen atoms in total. The Morgan fingerprint density at radius 1 is 0.528 bits per heavy atom. The molecule has 424 valence electrons. The molecule has 0 aliphatic carbocycles. The van der Waals surface area contributed by atoms with Crippen molar-refractivity contribution in [2.75, 3.05) is 26.4 Å². The SMILES string of the molecule is CCCCCCC/C=C\C/C=C\CCCCCCCCCCCCOCC(COC1OC(CO)C(O)C(OS(=O)(=O)O)C1O)OC(=O)CCCCCCCCCCCCC/C=C\CCCCCCCCCC. The molecule has 1 aliphatic rings. The number of aliphatic hydroxyl groups is 3. The third-order valence-electron chi connectivity index (χ3n) is 13.7. The maximum atomic E-state index is 13.0. The highest BCUT2D eigenvalue weighted by molar-refractivity contribution is 7.80. The van der Waals surface area contributed by atoms with Crippen molar-refractivity contribution < 1.29 is 56.2 Å². The Kier molecular flexibility index (Phi) is 47.6. The van der Waals surface area contributed by atoms with Crippen molar-refractivity contribution in [1.29, 1.82) is 0 Å². The quantitative estimate of drug-likeness (QED) is 0.0196. The fourth-order valence-corrected chi connectivity index (χ4v) is 9.74. The smallest absolute Gasteiger partial charge is 0.397 e. The van der Waals surface area contributed by atoms with Gasteiger partial charge in [0.1, 0.15) is 30.5 Å². The molecular formula is C59H110O12S. The molecule has 0 bridgehead atoms.